The molecule has 0 saturated heterocycles. The van der Waals surface area contributed by atoms with Gasteiger partial charge < -0.3 is 4.90 Å². The van der Waals surface area contributed by atoms with Crippen molar-refractivity contribution in [1.82, 2.24) is 0 Å². The monoisotopic (exact) mass is 395 g/mol. The molecule has 30 heavy (non-hydrogen) atoms. The van der Waals surface area contributed by atoms with Crippen molar-refractivity contribution >= 4 is 27.7 Å². The number of hydrogen-bond donors (Lipinski definition) is 0. The molecule has 0 amide bonds. The molecule has 0 N–H and O–H groups in total. The quantitative estimate of drug-likeness (QED) is 0.442. The lowest BCUT2D eigenvalue weighted by Gasteiger charge is -2.28. The van der Waals surface area contributed by atoms with E-state index >= 15 is 0 Å². The van der Waals surface area contributed by atoms with Gasteiger partial charge in [-0.05, 0) is 80.7 Å². The molecule has 2 heterocycles. The molecular weight excluding hydrogens is 364 g/mol. The van der Waals surface area contributed by atoms with Crippen LogP contribution in [0.2, 0.25) is 0 Å². The molecule has 0 atom stereocenters. The molecule has 2 heteroatoms. The first-order valence-corrected chi connectivity index (χ1v) is 10.9. The van der Waals surface area contributed by atoms with Gasteiger partial charge in [0.05, 0.1) is 5.39 Å². The summed E-state index contributed by atoms with van der Waals surface area (Å²) in [7, 11) is 0. The third-order valence-corrected chi connectivity index (χ3v) is 6.46. The summed E-state index contributed by atoms with van der Waals surface area (Å²) in [6.45, 7) is 13.1. The zero-order valence-electron chi connectivity index (χ0n) is 18.7. The predicted molar refractivity (Wildman–Crippen MR) is 129 cm³/mol. The van der Waals surface area contributed by atoms with E-state index < -0.39 is 0 Å². The molecule has 0 saturated carbocycles. The van der Waals surface area contributed by atoms with Crippen LogP contribution in [0.5, 0.6) is 0 Å². The standard InChI is InChI=1S/C28H31N2/c1-6-29-18-16-23(25-12-8-10-14-27(25)29)21(4)20(3)22(5)24-17-19-30(7-2)28-15-11-9-13-26(24)28/h8-19H,6-7H2,1-5H3/q+1. The first-order valence-electron chi connectivity index (χ1n) is 10.9. The van der Waals surface area contributed by atoms with Crippen molar-refractivity contribution in [3.8, 4) is 0 Å². The lowest BCUT2D eigenvalue weighted by atomic mass is 9.89. The predicted octanol–water partition coefficient (Wildman–Crippen LogP) is 6.77. The summed E-state index contributed by atoms with van der Waals surface area (Å²) < 4.78 is 2.31. The normalized spacial score (nSPS) is 15.8. The van der Waals surface area contributed by atoms with Crippen molar-refractivity contribution in [3.05, 3.63) is 95.3 Å². The molecule has 2 aromatic carbocycles. The van der Waals surface area contributed by atoms with E-state index in [1.54, 1.807) is 0 Å². The van der Waals surface area contributed by atoms with Crippen LogP contribution in [0.15, 0.2) is 84.2 Å². The van der Waals surface area contributed by atoms with E-state index in [0.717, 1.165) is 13.1 Å². The van der Waals surface area contributed by atoms with Crippen molar-refractivity contribution in [2.45, 2.75) is 41.2 Å². The molecule has 0 spiro atoms. The Kier molecular flexibility index (Phi) is 5.59. The van der Waals surface area contributed by atoms with Crippen LogP contribution in [0.1, 0.15) is 45.7 Å². The number of nitrogens with zero attached hydrogens (tertiary/aromatic N) is 2. The van der Waals surface area contributed by atoms with Gasteiger partial charge in [0.1, 0.15) is 6.54 Å². The van der Waals surface area contributed by atoms with Gasteiger partial charge in [-0.1, -0.05) is 30.3 Å². The molecule has 152 valence electrons. The molecular formula is C28H31N2+. The van der Waals surface area contributed by atoms with Gasteiger partial charge >= 0.3 is 0 Å². The van der Waals surface area contributed by atoms with Gasteiger partial charge in [-0.3, -0.25) is 0 Å². The van der Waals surface area contributed by atoms with Gasteiger partial charge in [-0.15, -0.1) is 0 Å². The van der Waals surface area contributed by atoms with E-state index in [0.29, 0.717) is 0 Å². The minimum atomic E-state index is 0.973. The Hall–Kier alpha value is -3.13. The SMILES string of the molecule is CCN1C=C/C(=C(C)\C(C)=C(/C)c2cc[n+](CC)c3ccccc23)c2ccccc21. The van der Waals surface area contributed by atoms with Gasteiger partial charge in [0.25, 0.3) is 0 Å². The molecule has 0 aliphatic carbocycles. The number of anilines is 1. The average Bonchev–Trinajstić information content (AvgIpc) is 2.81. The highest BCUT2D eigenvalue weighted by molar-refractivity contribution is 5.94. The summed E-state index contributed by atoms with van der Waals surface area (Å²) >= 11 is 0. The van der Waals surface area contributed by atoms with Crippen LogP contribution < -0.4 is 9.47 Å². The van der Waals surface area contributed by atoms with Crippen molar-refractivity contribution in [2.75, 3.05) is 11.4 Å². The van der Waals surface area contributed by atoms with Crippen LogP contribution >= 0.6 is 0 Å². The zero-order valence-corrected chi connectivity index (χ0v) is 18.7. The maximum absolute atomic E-state index is 2.31. The lowest BCUT2D eigenvalue weighted by Crippen LogP contribution is -2.32. The molecule has 0 unspecified atom stereocenters. The highest BCUT2D eigenvalue weighted by Crippen LogP contribution is 2.38. The molecule has 4 rings (SSSR count). The van der Waals surface area contributed by atoms with Crippen LogP contribution in [0, 0.1) is 0 Å². The summed E-state index contributed by atoms with van der Waals surface area (Å²) in [5, 5.41) is 1.31. The minimum Gasteiger partial charge on any atom is -0.348 e. The molecule has 0 fully saturated rings. The van der Waals surface area contributed by atoms with Crippen molar-refractivity contribution in [2.24, 2.45) is 0 Å². The number of benzene rings is 2. The smallest absolute Gasteiger partial charge is 0.213 e. The fourth-order valence-electron chi connectivity index (χ4n) is 4.46. The summed E-state index contributed by atoms with van der Waals surface area (Å²) in [5.74, 6) is 0. The number of rotatable bonds is 4. The summed E-state index contributed by atoms with van der Waals surface area (Å²) in [5.41, 5.74) is 10.5. The molecule has 0 radical (unpaired) electrons. The fraction of sp³-hybridized carbons (Fsp3) is 0.250. The van der Waals surface area contributed by atoms with Gasteiger partial charge in [0, 0.05) is 36.1 Å². The summed E-state index contributed by atoms with van der Waals surface area (Å²) in [6, 6.07) is 19.7. The molecule has 1 aliphatic heterocycles. The highest BCUT2D eigenvalue weighted by atomic mass is 15.1. The van der Waals surface area contributed by atoms with E-state index in [-0.39, 0.29) is 0 Å². The third-order valence-electron chi connectivity index (χ3n) is 6.46. The first kappa shape index (κ1) is 20.2. The van der Waals surface area contributed by atoms with Crippen molar-refractivity contribution in [1.29, 1.82) is 0 Å². The maximum atomic E-state index is 2.31. The van der Waals surface area contributed by atoms with Crippen LogP contribution in [0.3, 0.4) is 0 Å². The number of allylic oxidation sites excluding steroid dienone is 5. The van der Waals surface area contributed by atoms with Crippen LogP contribution in [-0.4, -0.2) is 6.54 Å². The Bertz CT molecular complexity index is 1190. The number of pyridine rings is 1. The van der Waals surface area contributed by atoms with E-state index in [1.165, 1.54) is 50.0 Å². The summed E-state index contributed by atoms with van der Waals surface area (Å²) in [4.78, 5) is 2.31. The fourth-order valence-corrected chi connectivity index (χ4v) is 4.46. The minimum absolute atomic E-state index is 0.973. The largest absolute Gasteiger partial charge is 0.348 e. The van der Waals surface area contributed by atoms with E-state index in [9.17, 15) is 0 Å². The number of para-hydroxylation sites is 2. The Labute approximate surface area is 180 Å². The molecule has 1 aliphatic rings. The second kappa shape index (κ2) is 8.31. The molecule has 3 aromatic rings. The zero-order chi connectivity index (χ0) is 21.3. The number of aryl methyl sites for hydroxylation is 1. The Morgan fingerprint density at radius 2 is 1.63 bits per heavy atom. The van der Waals surface area contributed by atoms with Gasteiger partial charge in [-0.2, -0.15) is 4.57 Å². The van der Waals surface area contributed by atoms with E-state index in [2.05, 4.69) is 117 Å². The number of fused-ring (bicyclic) bond motifs is 2. The van der Waals surface area contributed by atoms with Crippen molar-refractivity contribution < 1.29 is 4.57 Å². The topological polar surface area (TPSA) is 7.12 Å². The number of hydrogen-bond acceptors (Lipinski definition) is 1. The lowest BCUT2D eigenvalue weighted by molar-refractivity contribution is -0.667. The molecule has 2 nitrogen and oxygen atoms in total. The number of aromatic nitrogens is 1. The van der Waals surface area contributed by atoms with Crippen LogP contribution in [0.4, 0.5) is 5.69 Å². The maximum Gasteiger partial charge on any atom is 0.213 e. The molecule has 0 bridgehead atoms. The summed E-state index contributed by atoms with van der Waals surface area (Å²) in [6.07, 6.45) is 6.70. The first-order chi connectivity index (χ1) is 14.6. The highest BCUT2D eigenvalue weighted by Gasteiger charge is 2.19. The van der Waals surface area contributed by atoms with E-state index in [4.69, 9.17) is 0 Å². The van der Waals surface area contributed by atoms with Gasteiger partial charge in [0.15, 0.2) is 6.20 Å². The third kappa shape index (κ3) is 3.37. The Morgan fingerprint density at radius 1 is 0.900 bits per heavy atom. The average molecular weight is 396 g/mol. The van der Waals surface area contributed by atoms with Crippen molar-refractivity contribution in [3.63, 3.8) is 0 Å². The molecule has 1 aromatic heterocycles. The Balaban J connectivity index is 1.89. The second-order valence-electron chi connectivity index (χ2n) is 7.94. The van der Waals surface area contributed by atoms with E-state index in [1.807, 2.05) is 0 Å². The van der Waals surface area contributed by atoms with Crippen LogP contribution in [-0.2, 0) is 6.54 Å². The van der Waals surface area contributed by atoms with Gasteiger partial charge in [0.2, 0.25) is 5.52 Å². The van der Waals surface area contributed by atoms with Crippen LogP contribution in [0.25, 0.3) is 22.0 Å². The van der Waals surface area contributed by atoms with Gasteiger partial charge in [-0.25, -0.2) is 0 Å². The second-order valence-corrected chi connectivity index (χ2v) is 7.94. The Morgan fingerprint density at radius 3 is 2.40 bits per heavy atom.